The van der Waals surface area contributed by atoms with Crippen molar-refractivity contribution in [3.8, 4) is 5.75 Å². The molecule has 2 N–H and O–H groups in total. The molecule has 0 aliphatic carbocycles. The maximum atomic E-state index is 13.6. The van der Waals surface area contributed by atoms with Crippen molar-refractivity contribution in [1.82, 2.24) is 20.0 Å². The van der Waals surface area contributed by atoms with Crippen molar-refractivity contribution in [3.05, 3.63) is 53.6 Å². The fourth-order valence-electron chi connectivity index (χ4n) is 3.11. The van der Waals surface area contributed by atoms with Gasteiger partial charge in [-0.05, 0) is 31.2 Å². The quantitative estimate of drug-likeness (QED) is 0.737. The van der Waals surface area contributed by atoms with Gasteiger partial charge in [-0.2, -0.15) is 10.2 Å². The largest absolute Gasteiger partial charge is 0.496 e. The standard InChI is InChI=1S/C18H19FN6O/c1-11(14-7-13(19)3-4-16(14)26-2)23-17-5-6-25-18(24-17)15(10-22-25)12-8-20-21-9-12/h3-8,10-12,21H,9H2,1-2H3,(H,23,24). The van der Waals surface area contributed by atoms with Crippen molar-refractivity contribution >= 4 is 17.7 Å². The number of aromatic nitrogens is 3. The highest BCUT2D eigenvalue weighted by atomic mass is 19.1. The van der Waals surface area contributed by atoms with Crippen molar-refractivity contribution in [2.24, 2.45) is 5.10 Å². The molecule has 0 saturated carbocycles. The lowest BCUT2D eigenvalue weighted by molar-refractivity contribution is 0.406. The van der Waals surface area contributed by atoms with Crippen LogP contribution in [0.25, 0.3) is 5.65 Å². The predicted octanol–water partition coefficient (Wildman–Crippen LogP) is 2.72. The molecule has 0 radical (unpaired) electrons. The molecule has 2 atom stereocenters. The van der Waals surface area contributed by atoms with E-state index >= 15 is 0 Å². The second-order valence-corrected chi connectivity index (χ2v) is 6.18. The summed E-state index contributed by atoms with van der Waals surface area (Å²) in [6.07, 6.45) is 5.52. The Labute approximate surface area is 149 Å². The number of nitrogens with zero attached hydrogens (tertiary/aromatic N) is 4. The molecule has 0 saturated heterocycles. The third-order valence-corrected chi connectivity index (χ3v) is 4.48. The molecule has 0 amide bonds. The second-order valence-electron chi connectivity index (χ2n) is 6.18. The number of fused-ring (bicyclic) bond motifs is 1. The molecular formula is C18H19FN6O. The van der Waals surface area contributed by atoms with Crippen LogP contribution in [0.4, 0.5) is 10.2 Å². The van der Waals surface area contributed by atoms with E-state index in [0.29, 0.717) is 11.6 Å². The lowest BCUT2D eigenvalue weighted by Gasteiger charge is -2.18. The van der Waals surface area contributed by atoms with E-state index in [1.165, 1.54) is 12.1 Å². The van der Waals surface area contributed by atoms with E-state index in [1.54, 1.807) is 17.7 Å². The molecule has 3 aromatic rings. The molecule has 2 aromatic heterocycles. The molecule has 1 aromatic carbocycles. The molecule has 26 heavy (non-hydrogen) atoms. The Morgan fingerprint density at radius 1 is 1.38 bits per heavy atom. The van der Waals surface area contributed by atoms with E-state index in [1.807, 2.05) is 31.6 Å². The maximum Gasteiger partial charge on any atom is 0.161 e. The Hall–Kier alpha value is -3.16. The summed E-state index contributed by atoms with van der Waals surface area (Å²) in [7, 11) is 1.57. The summed E-state index contributed by atoms with van der Waals surface area (Å²) in [6.45, 7) is 2.67. The van der Waals surface area contributed by atoms with Crippen LogP contribution in [0.3, 0.4) is 0 Å². The Kier molecular flexibility index (Phi) is 4.16. The lowest BCUT2D eigenvalue weighted by atomic mass is 10.1. The average molecular weight is 354 g/mol. The topological polar surface area (TPSA) is 75.8 Å². The number of halogens is 1. The second kappa shape index (κ2) is 6.62. The minimum Gasteiger partial charge on any atom is -0.496 e. The van der Waals surface area contributed by atoms with Gasteiger partial charge in [-0.15, -0.1) is 0 Å². The smallest absolute Gasteiger partial charge is 0.161 e. The molecule has 0 spiro atoms. The van der Waals surface area contributed by atoms with Gasteiger partial charge in [0.05, 0.1) is 19.3 Å². The molecule has 0 fully saturated rings. The van der Waals surface area contributed by atoms with Gasteiger partial charge >= 0.3 is 0 Å². The third-order valence-electron chi connectivity index (χ3n) is 4.48. The number of methoxy groups -OCH3 is 1. The number of hydrogen-bond acceptors (Lipinski definition) is 6. The zero-order valence-electron chi connectivity index (χ0n) is 14.5. The van der Waals surface area contributed by atoms with Gasteiger partial charge in [0, 0.05) is 36.0 Å². The maximum absolute atomic E-state index is 13.6. The molecule has 8 heteroatoms. The number of nitrogens with one attached hydrogen (secondary N) is 2. The van der Waals surface area contributed by atoms with Gasteiger partial charge < -0.3 is 15.5 Å². The predicted molar refractivity (Wildman–Crippen MR) is 97.2 cm³/mol. The summed E-state index contributed by atoms with van der Waals surface area (Å²) in [5, 5.41) is 11.7. The molecule has 3 heterocycles. The first-order chi connectivity index (χ1) is 12.7. The molecule has 2 unspecified atom stereocenters. The number of ether oxygens (including phenoxy) is 1. The summed E-state index contributed by atoms with van der Waals surface area (Å²) in [6, 6.07) is 6.14. The van der Waals surface area contributed by atoms with Crippen molar-refractivity contribution in [1.29, 1.82) is 0 Å². The fraction of sp³-hybridized carbons (Fsp3) is 0.278. The summed E-state index contributed by atoms with van der Waals surface area (Å²) in [4.78, 5) is 4.69. The van der Waals surface area contributed by atoms with E-state index in [4.69, 9.17) is 4.74 Å². The normalized spacial score (nSPS) is 17.3. The highest BCUT2D eigenvalue weighted by Gasteiger charge is 2.19. The van der Waals surface area contributed by atoms with Crippen LogP contribution < -0.4 is 15.5 Å². The van der Waals surface area contributed by atoms with Gasteiger partial charge in [-0.3, -0.25) is 0 Å². The zero-order chi connectivity index (χ0) is 18.1. The Balaban J connectivity index is 1.64. The molecule has 7 nitrogen and oxygen atoms in total. The van der Waals surface area contributed by atoms with Crippen LogP contribution in [0, 0.1) is 5.82 Å². The minimum absolute atomic E-state index is 0.149. The molecular weight excluding hydrogens is 335 g/mol. The Morgan fingerprint density at radius 2 is 2.27 bits per heavy atom. The fourth-order valence-corrected chi connectivity index (χ4v) is 3.11. The van der Waals surface area contributed by atoms with Crippen LogP contribution in [0.5, 0.6) is 5.75 Å². The summed E-state index contributed by atoms with van der Waals surface area (Å²) in [5.41, 5.74) is 5.47. The first kappa shape index (κ1) is 16.3. The van der Waals surface area contributed by atoms with Crippen LogP contribution in [-0.2, 0) is 0 Å². The van der Waals surface area contributed by atoms with Crippen molar-refractivity contribution in [2.45, 2.75) is 18.9 Å². The Bertz CT molecular complexity index is 969. The lowest BCUT2D eigenvalue weighted by Crippen LogP contribution is -2.11. The van der Waals surface area contributed by atoms with E-state index in [0.717, 1.165) is 23.3 Å². The number of hydrogen-bond donors (Lipinski definition) is 2. The third kappa shape index (κ3) is 2.94. The molecule has 0 bridgehead atoms. The Morgan fingerprint density at radius 3 is 3.04 bits per heavy atom. The molecule has 4 rings (SSSR count). The summed E-state index contributed by atoms with van der Waals surface area (Å²) < 4.78 is 20.7. The molecule has 1 aliphatic heterocycles. The average Bonchev–Trinajstić information content (AvgIpc) is 3.30. The zero-order valence-corrected chi connectivity index (χ0v) is 14.5. The van der Waals surface area contributed by atoms with Gasteiger partial charge in [-0.1, -0.05) is 0 Å². The van der Waals surface area contributed by atoms with E-state index in [-0.39, 0.29) is 17.8 Å². The van der Waals surface area contributed by atoms with Crippen molar-refractivity contribution in [3.63, 3.8) is 0 Å². The van der Waals surface area contributed by atoms with Crippen LogP contribution in [-0.4, -0.2) is 34.5 Å². The van der Waals surface area contributed by atoms with E-state index in [9.17, 15) is 4.39 Å². The first-order valence-corrected chi connectivity index (χ1v) is 8.36. The van der Waals surface area contributed by atoms with Gasteiger partial charge in [0.15, 0.2) is 5.65 Å². The highest BCUT2D eigenvalue weighted by Crippen LogP contribution is 2.28. The van der Waals surface area contributed by atoms with Gasteiger partial charge in [0.25, 0.3) is 0 Å². The van der Waals surface area contributed by atoms with E-state index < -0.39 is 0 Å². The monoisotopic (exact) mass is 354 g/mol. The highest BCUT2D eigenvalue weighted by molar-refractivity contribution is 5.73. The van der Waals surface area contributed by atoms with Crippen LogP contribution >= 0.6 is 0 Å². The van der Waals surface area contributed by atoms with E-state index in [2.05, 4.69) is 25.9 Å². The van der Waals surface area contributed by atoms with Crippen molar-refractivity contribution < 1.29 is 9.13 Å². The number of rotatable bonds is 5. The molecule has 1 aliphatic rings. The number of hydrazone groups is 1. The van der Waals surface area contributed by atoms with Crippen LogP contribution in [0.1, 0.15) is 30.0 Å². The van der Waals surface area contributed by atoms with Gasteiger partial charge in [0.2, 0.25) is 0 Å². The SMILES string of the molecule is COc1ccc(F)cc1C(C)Nc1ccn2ncc(C3C=NNC3)c2n1. The van der Waals surface area contributed by atoms with Crippen LogP contribution in [0.15, 0.2) is 41.8 Å². The number of anilines is 1. The van der Waals surface area contributed by atoms with Gasteiger partial charge in [0.1, 0.15) is 17.4 Å². The van der Waals surface area contributed by atoms with Crippen molar-refractivity contribution in [2.75, 3.05) is 19.0 Å². The summed E-state index contributed by atoms with van der Waals surface area (Å²) >= 11 is 0. The number of benzene rings is 1. The van der Waals surface area contributed by atoms with Gasteiger partial charge in [-0.25, -0.2) is 13.9 Å². The van der Waals surface area contributed by atoms with Crippen LogP contribution in [0.2, 0.25) is 0 Å². The summed E-state index contributed by atoms with van der Waals surface area (Å²) in [5.74, 6) is 1.16. The minimum atomic E-state index is -0.302. The first-order valence-electron chi connectivity index (χ1n) is 8.36. The molecule has 134 valence electrons.